The first-order valence-corrected chi connectivity index (χ1v) is 8.08. The Hall–Kier alpha value is -2.87. The highest BCUT2D eigenvalue weighted by Crippen LogP contribution is 2.42. The molecule has 8 heteroatoms. The third-order valence-corrected chi connectivity index (χ3v) is 4.33. The van der Waals surface area contributed by atoms with Crippen LogP contribution in [0.1, 0.15) is 27.9 Å². The Morgan fingerprint density at radius 2 is 1.89 bits per heavy atom. The van der Waals surface area contributed by atoms with Gasteiger partial charge in [-0.05, 0) is 31.2 Å². The average Bonchev–Trinajstić information content (AvgIpc) is 3.01. The summed E-state index contributed by atoms with van der Waals surface area (Å²) in [6.07, 6.45) is -5.96. The number of aliphatic hydroxyl groups is 1. The number of aryl methyl sites for hydroxylation is 1. The van der Waals surface area contributed by atoms with Gasteiger partial charge in [0.15, 0.2) is 0 Å². The van der Waals surface area contributed by atoms with Crippen LogP contribution in [0.25, 0.3) is 0 Å². The lowest BCUT2D eigenvalue weighted by Gasteiger charge is -2.32. The molecular weight excluding hydrogens is 361 g/mol. The van der Waals surface area contributed by atoms with Gasteiger partial charge in [-0.25, -0.2) is 0 Å². The lowest BCUT2D eigenvalue weighted by Crippen LogP contribution is -2.56. The lowest BCUT2D eigenvalue weighted by atomic mass is 10.00. The first kappa shape index (κ1) is 18.9. The second kappa shape index (κ2) is 6.70. The van der Waals surface area contributed by atoms with E-state index in [4.69, 9.17) is 4.74 Å². The molecule has 0 aromatic heterocycles. The van der Waals surface area contributed by atoms with E-state index in [1.807, 2.05) is 0 Å². The van der Waals surface area contributed by atoms with Gasteiger partial charge >= 0.3 is 6.18 Å². The van der Waals surface area contributed by atoms with Crippen LogP contribution in [-0.2, 0) is 0 Å². The maximum Gasteiger partial charge on any atom is 0.438 e. The summed E-state index contributed by atoms with van der Waals surface area (Å²) in [5.74, 6) is -0.609. The maximum absolute atomic E-state index is 13.6. The molecular formula is C19H17F3N2O3. The van der Waals surface area contributed by atoms with Crippen molar-refractivity contribution in [1.29, 1.82) is 0 Å². The van der Waals surface area contributed by atoms with Crippen molar-refractivity contribution in [2.45, 2.75) is 25.2 Å². The number of carbonyl (C=O) groups is 1. The maximum atomic E-state index is 13.6. The first-order valence-electron chi connectivity index (χ1n) is 8.08. The molecule has 0 saturated carbocycles. The van der Waals surface area contributed by atoms with Crippen LogP contribution in [0.3, 0.4) is 0 Å². The molecule has 1 N–H and O–H groups in total. The van der Waals surface area contributed by atoms with Gasteiger partial charge in [0.2, 0.25) is 0 Å². The van der Waals surface area contributed by atoms with Crippen LogP contribution in [0.2, 0.25) is 0 Å². The lowest BCUT2D eigenvalue weighted by molar-refractivity contribution is -0.297. The van der Waals surface area contributed by atoms with Gasteiger partial charge in [-0.1, -0.05) is 29.8 Å². The van der Waals surface area contributed by atoms with E-state index in [9.17, 15) is 23.1 Å². The van der Waals surface area contributed by atoms with Crippen LogP contribution in [0.15, 0.2) is 53.6 Å². The van der Waals surface area contributed by atoms with Crippen molar-refractivity contribution in [3.63, 3.8) is 0 Å². The normalized spacial score (nSPS) is 19.8. The predicted octanol–water partition coefficient (Wildman–Crippen LogP) is 3.50. The summed E-state index contributed by atoms with van der Waals surface area (Å²) >= 11 is 0. The van der Waals surface area contributed by atoms with Gasteiger partial charge in [0.05, 0.1) is 19.2 Å². The summed E-state index contributed by atoms with van der Waals surface area (Å²) in [7, 11) is 1.43. The van der Waals surface area contributed by atoms with E-state index in [1.54, 1.807) is 31.2 Å². The Bertz CT molecular complexity index is 894. The van der Waals surface area contributed by atoms with E-state index < -0.39 is 24.2 Å². The monoisotopic (exact) mass is 378 g/mol. The minimum absolute atomic E-state index is 0.00100. The van der Waals surface area contributed by atoms with Gasteiger partial charge in [-0.2, -0.15) is 23.3 Å². The highest BCUT2D eigenvalue weighted by Gasteiger charge is 2.63. The third kappa shape index (κ3) is 3.40. The SMILES string of the molecule is COc1cccc(C2=NN(C(=O)c3ccc(C)cc3)C(O)(C(F)(F)F)C2)c1. The number of rotatable bonds is 3. The van der Waals surface area contributed by atoms with Crippen molar-refractivity contribution in [3.05, 3.63) is 65.2 Å². The zero-order valence-corrected chi connectivity index (χ0v) is 14.6. The summed E-state index contributed by atoms with van der Waals surface area (Å²) in [6, 6.07) is 12.2. The minimum Gasteiger partial charge on any atom is -0.497 e. The predicted molar refractivity (Wildman–Crippen MR) is 92.5 cm³/mol. The molecule has 1 aliphatic heterocycles. The fourth-order valence-corrected chi connectivity index (χ4v) is 2.76. The second-order valence-corrected chi connectivity index (χ2v) is 6.25. The molecule has 1 aliphatic rings. The minimum atomic E-state index is -5.09. The summed E-state index contributed by atoms with van der Waals surface area (Å²) < 4.78 is 46.0. The average molecular weight is 378 g/mol. The van der Waals surface area contributed by atoms with Crippen LogP contribution in [-0.4, -0.2) is 40.7 Å². The summed E-state index contributed by atoms with van der Waals surface area (Å²) in [6.45, 7) is 1.79. The standard InChI is InChI=1S/C19H17F3N2O3/c1-12-6-8-13(9-7-12)17(25)24-18(26,19(20,21)22)11-16(23-24)14-4-3-5-15(10-14)27-2/h3-10,26H,11H2,1-2H3. The summed E-state index contributed by atoms with van der Waals surface area (Å²) in [5.41, 5.74) is -2.31. The quantitative estimate of drug-likeness (QED) is 0.889. The molecule has 1 atom stereocenters. The summed E-state index contributed by atoms with van der Waals surface area (Å²) in [5, 5.41) is 14.3. The van der Waals surface area contributed by atoms with E-state index in [0.717, 1.165) is 5.56 Å². The van der Waals surface area contributed by atoms with Crippen molar-refractivity contribution in [1.82, 2.24) is 5.01 Å². The number of amides is 1. The Morgan fingerprint density at radius 3 is 2.48 bits per heavy atom. The van der Waals surface area contributed by atoms with E-state index in [1.165, 1.54) is 31.4 Å². The van der Waals surface area contributed by atoms with Gasteiger partial charge in [0.1, 0.15) is 5.75 Å². The molecule has 0 aliphatic carbocycles. The molecule has 142 valence electrons. The number of hydrogen-bond donors (Lipinski definition) is 1. The van der Waals surface area contributed by atoms with Crippen LogP contribution in [0.5, 0.6) is 5.75 Å². The fourth-order valence-electron chi connectivity index (χ4n) is 2.76. The number of carbonyl (C=O) groups excluding carboxylic acids is 1. The smallest absolute Gasteiger partial charge is 0.438 e. The molecule has 1 unspecified atom stereocenters. The number of hydrogen-bond acceptors (Lipinski definition) is 4. The van der Waals surface area contributed by atoms with Crippen LogP contribution in [0, 0.1) is 6.92 Å². The molecule has 0 radical (unpaired) electrons. The Morgan fingerprint density at radius 1 is 1.22 bits per heavy atom. The molecule has 2 aromatic carbocycles. The van der Waals surface area contributed by atoms with Crippen molar-refractivity contribution >= 4 is 11.6 Å². The van der Waals surface area contributed by atoms with E-state index in [0.29, 0.717) is 11.3 Å². The van der Waals surface area contributed by atoms with E-state index in [-0.39, 0.29) is 16.3 Å². The Kier molecular flexibility index (Phi) is 4.69. The Labute approximate surface area is 153 Å². The van der Waals surface area contributed by atoms with Crippen LogP contribution in [0.4, 0.5) is 13.2 Å². The van der Waals surface area contributed by atoms with E-state index >= 15 is 0 Å². The number of alkyl halides is 3. The first-order chi connectivity index (χ1) is 12.7. The molecule has 0 bridgehead atoms. The highest BCUT2D eigenvalue weighted by molar-refractivity contribution is 6.05. The topological polar surface area (TPSA) is 62.1 Å². The van der Waals surface area contributed by atoms with Crippen LogP contribution >= 0.6 is 0 Å². The third-order valence-electron chi connectivity index (χ3n) is 4.33. The molecule has 0 saturated heterocycles. The zero-order chi connectivity index (χ0) is 19.8. The number of halogens is 3. The molecule has 0 spiro atoms. The molecule has 2 aromatic rings. The molecule has 5 nitrogen and oxygen atoms in total. The molecule has 3 rings (SSSR count). The highest BCUT2D eigenvalue weighted by atomic mass is 19.4. The summed E-state index contributed by atoms with van der Waals surface area (Å²) in [4.78, 5) is 12.7. The number of hydrazone groups is 1. The Balaban J connectivity index is 2.04. The number of methoxy groups -OCH3 is 1. The molecule has 0 fully saturated rings. The zero-order valence-electron chi connectivity index (χ0n) is 14.6. The molecule has 27 heavy (non-hydrogen) atoms. The van der Waals surface area contributed by atoms with Gasteiger partial charge < -0.3 is 9.84 Å². The largest absolute Gasteiger partial charge is 0.497 e. The number of ether oxygens (including phenoxy) is 1. The van der Waals surface area contributed by atoms with Gasteiger partial charge in [-0.3, -0.25) is 4.79 Å². The second-order valence-electron chi connectivity index (χ2n) is 6.25. The van der Waals surface area contributed by atoms with Crippen molar-refractivity contribution < 1.29 is 27.8 Å². The van der Waals surface area contributed by atoms with E-state index in [2.05, 4.69) is 5.10 Å². The molecule has 1 amide bonds. The van der Waals surface area contributed by atoms with Gasteiger partial charge in [-0.15, -0.1) is 0 Å². The van der Waals surface area contributed by atoms with Crippen molar-refractivity contribution in [3.8, 4) is 5.75 Å². The molecule has 1 heterocycles. The van der Waals surface area contributed by atoms with Gasteiger partial charge in [0, 0.05) is 11.1 Å². The van der Waals surface area contributed by atoms with Crippen molar-refractivity contribution in [2.75, 3.05) is 7.11 Å². The van der Waals surface area contributed by atoms with Gasteiger partial charge in [0.25, 0.3) is 11.6 Å². The fraction of sp³-hybridized carbons (Fsp3) is 0.263. The van der Waals surface area contributed by atoms with Crippen molar-refractivity contribution in [2.24, 2.45) is 5.10 Å². The number of benzene rings is 2. The number of nitrogens with zero attached hydrogens (tertiary/aromatic N) is 2. The van der Waals surface area contributed by atoms with Crippen LogP contribution < -0.4 is 4.74 Å².